The minimum Gasteiger partial charge on any atom is -0.492 e. The number of para-hydroxylation sites is 4. The first kappa shape index (κ1) is 32.2. The third-order valence-electron chi connectivity index (χ3n) is 6.48. The Morgan fingerprint density at radius 3 is 1.78 bits per heavy atom. The fraction of sp³-hybridized carbons (Fsp3) is 0.250. The monoisotopic (exact) mass is 617 g/mol. The molecule has 1 unspecified atom stereocenters. The highest BCUT2D eigenvalue weighted by atomic mass is 16.5. The number of benzene rings is 3. The maximum atomic E-state index is 13.1. The number of nitrogens with zero attached hydrogens (tertiary/aromatic N) is 1. The van der Waals surface area contributed by atoms with Crippen molar-refractivity contribution in [2.45, 2.75) is 26.8 Å². The number of amides is 4. The van der Waals surface area contributed by atoms with Crippen LogP contribution in [0.4, 0.5) is 11.4 Å². The number of anilines is 2. The molecular formula is C32H31N3O10. The van der Waals surface area contributed by atoms with Crippen LogP contribution in [0.15, 0.2) is 66.7 Å². The summed E-state index contributed by atoms with van der Waals surface area (Å²) in [6.07, 6.45) is 0. The molecule has 4 amide bonds. The number of fused-ring (bicyclic) bond motifs is 1. The molecule has 45 heavy (non-hydrogen) atoms. The summed E-state index contributed by atoms with van der Waals surface area (Å²) in [5.74, 6) is -3.89. The Kier molecular flexibility index (Phi) is 10.5. The lowest BCUT2D eigenvalue weighted by Crippen LogP contribution is -2.44. The highest BCUT2D eigenvalue weighted by Crippen LogP contribution is 2.27. The Morgan fingerprint density at radius 1 is 0.711 bits per heavy atom. The lowest BCUT2D eigenvalue weighted by atomic mass is 10.1. The molecule has 1 atom stereocenters. The van der Waals surface area contributed by atoms with E-state index in [1.165, 1.54) is 19.1 Å². The summed E-state index contributed by atoms with van der Waals surface area (Å²) in [5, 5.41) is 5.18. The van der Waals surface area contributed by atoms with E-state index in [2.05, 4.69) is 10.6 Å². The van der Waals surface area contributed by atoms with E-state index in [-0.39, 0.29) is 16.7 Å². The Balaban J connectivity index is 1.33. The van der Waals surface area contributed by atoms with Gasteiger partial charge in [-0.25, -0.2) is 9.59 Å². The zero-order chi connectivity index (χ0) is 32.5. The second-order valence-electron chi connectivity index (χ2n) is 9.56. The third kappa shape index (κ3) is 7.63. The number of hydrogen-bond acceptors (Lipinski definition) is 10. The summed E-state index contributed by atoms with van der Waals surface area (Å²) in [4.78, 5) is 77.0. The molecule has 3 aromatic carbocycles. The number of carbonyl (C=O) groups is 6. The number of nitrogens with one attached hydrogen (secondary N) is 2. The molecule has 0 bridgehead atoms. The van der Waals surface area contributed by atoms with E-state index >= 15 is 0 Å². The average Bonchev–Trinajstić information content (AvgIpc) is 3.28. The van der Waals surface area contributed by atoms with E-state index < -0.39 is 54.8 Å². The molecular weight excluding hydrogens is 586 g/mol. The highest BCUT2D eigenvalue weighted by Gasteiger charge is 2.42. The van der Waals surface area contributed by atoms with E-state index in [1.807, 2.05) is 0 Å². The van der Waals surface area contributed by atoms with E-state index in [9.17, 15) is 28.8 Å². The van der Waals surface area contributed by atoms with Gasteiger partial charge in [0.1, 0.15) is 17.5 Å². The highest BCUT2D eigenvalue weighted by molar-refractivity contribution is 6.23. The molecule has 1 heterocycles. The van der Waals surface area contributed by atoms with Crippen molar-refractivity contribution in [3.8, 4) is 11.5 Å². The Morgan fingerprint density at radius 2 is 1.22 bits per heavy atom. The Hall–Kier alpha value is -5.72. The number of carbonyl (C=O) groups excluding carboxylic acids is 6. The van der Waals surface area contributed by atoms with Crippen LogP contribution in [0.2, 0.25) is 0 Å². The lowest BCUT2D eigenvalue weighted by molar-refractivity contribution is -0.150. The third-order valence-corrected chi connectivity index (χ3v) is 6.48. The Labute approximate surface area is 258 Å². The van der Waals surface area contributed by atoms with Crippen molar-refractivity contribution in [2.24, 2.45) is 0 Å². The summed E-state index contributed by atoms with van der Waals surface area (Å²) >= 11 is 0. The predicted octanol–water partition coefficient (Wildman–Crippen LogP) is 3.45. The van der Waals surface area contributed by atoms with Gasteiger partial charge in [-0.05, 0) is 63.2 Å². The van der Waals surface area contributed by atoms with Crippen LogP contribution in [0.3, 0.4) is 0 Å². The zero-order valence-electron chi connectivity index (χ0n) is 24.8. The van der Waals surface area contributed by atoms with Crippen LogP contribution in [0.5, 0.6) is 11.5 Å². The van der Waals surface area contributed by atoms with Gasteiger partial charge < -0.3 is 29.6 Å². The van der Waals surface area contributed by atoms with Gasteiger partial charge in [0.15, 0.2) is 13.2 Å². The minimum absolute atomic E-state index is 0.0354. The first-order valence-corrected chi connectivity index (χ1v) is 14.0. The van der Waals surface area contributed by atoms with Gasteiger partial charge >= 0.3 is 11.9 Å². The van der Waals surface area contributed by atoms with Gasteiger partial charge in [-0.2, -0.15) is 0 Å². The van der Waals surface area contributed by atoms with Gasteiger partial charge in [-0.3, -0.25) is 24.1 Å². The number of esters is 2. The summed E-state index contributed by atoms with van der Waals surface area (Å²) in [5.41, 5.74) is 0.540. The maximum Gasteiger partial charge on any atom is 0.338 e. The molecule has 4 rings (SSSR count). The second kappa shape index (κ2) is 14.6. The number of hydrogen-bond donors (Lipinski definition) is 2. The average molecular weight is 618 g/mol. The maximum absolute atomic E-state index is 13.1. The molecule has 13 heteroatoms. The largest absolute Gasteiger partial charge is 0.492 e. The Bertz CT molecular complexity index is 1640. The van der Waals surface area contributed by atoms with Gasteiger partial charge in [0.2, 0.25) is 0 Å². The first-order chi connectivity index (χ1) is 21.6. The van der Waals surface area contributed by atoms with Crippen molar-refractivity contribution in [1.29, 1.82) is 0 Å². The standard InChI is InChI=1S/C32H31N3O10/c1-4-42-25-12-8-6-10-23(25)33-27(36)17-44-31(40)19(3)35-29(38)21-15-14-20(16-22(21)30(35)39)32(41)45-18-28(37)34-24-11-7-9-13-26(24)43-5-2/h6-16,19H,4-5,17-18H2,1-3H3,(H,33,36)(H,34,37). The molecule has 2 N–H and O–H groups in total. The lowest BCUT2D eigenvalue weighted by Gasteiger charge is -2.20. The molecule has 234 valence electrons. The van der Waals surface area contributed by atoms with Crippen LogP contribution < -0.4 is 20.1 Å². The smallest absolute Gasteiger partial charge is 0.338 e. The van der Waals surface area contributed by atoms with Crippen LogP contribution in [0.25, 0.3) is 0 Å². The van der Waals surface area contributed by atoms with E-state index in [0.29, 0.717) is 41.0 Å². The van der Waals surface area contributed by atoms with Gasteiger partial charge in [0.05, 0.1) is 41.3 Å². The van der Waals surface area contributed by atoms with Crippen molar-refractivity contribution in [3.63, 3.8) is 0 Å². The zero-order valence-corrected chi connectivity index (χ0v) is 24.8. The topological polar surface area (TPSA) is 167 Å². The number of ether oxygens (including phenoxy) is 4. The van der Waals surface area contributed by atoms with Crippen molar-refractivity contribution in [1.82, 2.24) is 4.90 Å². The molecule has 1 aliphatic rings. The summed E-state index contributed by atoms with van der Waals surface area (Å²) in [7, 11) is 0. The van der Waals surface area contributed by atoms with Crippen LogP contribution in [0.1, 0.15) is 51.8 Å². The molecule has 0 radical (unpaired) electrons. The van der Waals surface area contributed by atoms with Crippen molar-refractivity contribution in [3.05, 3.63) is 83.4 Å². The normalized spacial score (nSPS) is 12.6. The molecule has 13 nitrogen and oxygen atoms in total. The molecule has 0 spiro atoms. The van der Waals surface area contributed by atoms with E-state index in [0.717, 1.165) is 6.07 Å². The molecule has 3 aromatic rings. The predicted molar refractivity (Wildman–Crippen MR) is 160 cm³/mol. The second-order valence-corrected chi connectivity index (χ2v) is 9.56. The molecule has 1 aliphatic heterocycles. The van der Waals surface area contributed by atoms with Crippen molar-refractivity contribution in [2.75, 3.05) is 37.1 Å². The van der Waals surface area contributed by atoms with E-state index in [1.54, 1.807) is 62.4 Å². The van der Waals surface area contributed by atoms with Crippen LogP contribution in [0, 0.1) is 0 Å². The van der Waals surface area contributed by atoms with Gasteiger partial charge in [0.25, 0.3) is 23.6 Å². The van der Waals surface area contributed by atoms with Gasteiger partial charge in [-0.1, -0.05) is 24.3 Å². The first-order valence-electron chi connectivity index (χ1n) is 14.0. The van der Waals surface area contributed by atoms with Crippen LogP contribution in [-0.2, 0) is 23.9 Å². The SMILES string of the molecule is CCOc1ccccc1NC(=O)COC(=O)c1ccc2c(c1)C(=O)N(C(C)C(=O)OCC(=O)Nc1ccccc1OCC)C2=O. The quantitative estimate of drug-likeness (QED) is 0.214. The van der Waals surface area contributed by atoms with Crippen molar-refractivity contribution < 1.29 is 47.7 Å². The number of imide groups is 1. The van der Waals surface area contributed by atoms with Crippen LogP contribution >= 0.6 is 0 Å². The number of rotatable bonds is 13. The fourth-order valence-corrected chi connectivity index (χ4v) is 4.39. The molecule has 0 aliphatic carbocycles. The molecule has 0 fully saturated rings. The fourth-order valence-electron chi connectivity index (χ4n) is 4.39. The van der Waals surface area contributed by atoms with Crippen molar-refractivity contribution >= 4 is 46.9 Å². The molecule has 0 saturated heterocycles. The summed E-state index contributed by atoms with van der Waals surface area (Å²) in [6, 6.07) is 15.8. The molecule has 0 saturated carbocycles. The van der Waals surface area contributed by atoms with E-state index in [4.69, 9.17) is 18.9 Å². The minimum atomic E-state index is -1.38. The summed E-state index contributed by atoms with van der Waals surface area (Å²) in [6.45, 7) is 4.35. The summed E-state index contributed by atoms with van der Waals surface area (Å²) < 4.78 is 21.1. The van der Waals surface area contributed by atoms with Crippen LogP contribution in [-0.4, -0.2) is 72.9 Å². The van der Waals surface area contributed by atoms with Gasteiger partial charge in [-0.15, -0.1) is 0 Å². The van der Waals surface area contributed by atoms with Gasteiger partial charge in [0, 0.05) is 0 Å². The molecule has 0 aromatic heterocycles.